The van der Waals surface area contributed by atoms with Crippen molar-refractivity contribution in [3.8, 4) is 17.2 Å². The molecule has 1 aliphatic carbocycles. The number of carbonyl (C=O) groups is 1. The normalized spacial score (nSPS) is 18.9. The number of nitrogens with zero attached hydrogens (tertiary/aromatic N) is 1. The van der Waals surface area contributed by atoms with Crippen molar-refractivity contribution in [3.63, 3.8) is 0 Å². The molecule has 8 nitrogen and oxygen atoms in total. The second-order valence-electron chi connectivity index (χ2n) is 6.82. The van der Waals surface area contributed by atoms with Crippen LogP contribution in [0.3, 0.4) is 0 Å². The molecule has 1 aromatic rings. The van der Waals surface area contributed by atoms with Gasteiger partial charge in [-0.3, -0.25) is 4.79 Å². The van der Waals surface area contributed by atoms with Gasteiger partial charge in [-0.15, -0.1) is 0 Å². The van der Waals surface area contributed by atoms with Crippen LogP contribution >= 0.6 is 0 Å². The number of ether oxygens (including phenoxy) is 5. The van der Waals surface area contributed by atoms with Crippen molar-refractivity contribution in [2.24, 2.45) is 0 Å². The number of rotatable bonds is 7. The van der Waals surface area contributed by atoms with Crippen molar-refractivity contribution in [1.82, 2.24) is 4.90 Å². The van der Waals surface area contributed by atoms with Crippen molar-refractivity contribution in [3.05, 3.63) is 64.5 Å². The Morgan fingerprint density at radius 3 is 2.17 bits per heavy atom. The lowest BCUT2D eigenvalue weighted by Gasteiger charge is -2.18. The zero-order valence-electron chi connectivity index (χ0n) is 17.8. The predicted molar refractivity (Wildman–Crippen MR) is 110 cm³/mol. The fourth-order valence-electron chi connectivity index (χ4n) is 3.38. The van der Waals surface area contributed by atoms with Gasteiger partial charge in [0, 0.05) is 31.4 Å². The summed E-state index contributed by atoms with van der Waals surface area (Å²) >= 11 is 0. The molecule has 0 saturated carbocycles. The molecule has 0 radical (unpaired) electrons. The Hall–Kier alpha value is -3.55. The molecule has 1 N–H and O–H groups in total. The molecule has 30 heavy (non-hydrogen) atoms. The summed E-state index contributed by atoms with van der Waals surface area (Å²) in [5, 5.41) is 10.5. The lowest BCUT2D eigenvalue weighted by Crippen LogP contribution is -2.18. The number of hydrogen-bond acceptors (Lipinski definition) is 8. The number of ketones is 1. The van der Waals surface area contributed by atoms with Gasteiger partial charge in [-0.1, -0.05) is 6.08 Å². The molecule has 0 amide bonds. The van der Waals surface area contributed by atoms with E-state index in [0.29, 0.717) is 39.7 Å². The van der Waals surface area contributed by atoms with Crippen molar-refractivity contribution >= 4 is 5.78 Å². The molecule has 1 heterocycles. The minimum absolute atomic E-state index is 0.0904. The first-order chi connectivity index (χ1) is 14.4. The molecule has 1 unspecified atom stereocenters. The van der Waals surface area contributed by atoms with Crippen molar-refractivity contribution < 1.29 is 33.6 Å². The number of aliphatic hydroxyl groups is 1. The first kappa shape index (κ1) is 21.2. The van der Waals surface area contributed by atoms with Crippen molar-refractivity contribution in [1.29, 1.82) is 0 Å². The second-order valence-corrected chi connectivity index (χ2v) is 6.82. The Morgan fingerprint density at radius 1 is 1.03 bits per heavy atom. The van der Waals surface area contributed by atoms with Gasteiger partial charge in [0.15, 0.2) is 34.9 Å². The molecule has 2 aliphatic rings. The van der Waals surface area contributed by atoms with E-state index in [1.807, 2.05) is 14.1 Å². The summed E-state index contributed by atoms with van der Waals surface area (Å²) in [6, 6.07) is 3.17. The Kier molecular flexibility index (Phi) is 5.96. The van der Waals surface area contributed by atoms with Crippen LogP contribution in [-0.4, -0.2) is 64.4 Å². The summed E-state index contributed by atoms with van der Waals surface area (Å²) in [4.78, 5) is 15.3. The Bertz CT molecular complexity index is 960. The van der Waals surface area contributed by atoms with Gasteiger partial charge in [0.1, 0.15) is 5.76 Å². The zero-order chi connectivity index (χ0) is 22.0. The Morgan fingerprint density at radius 2 is 1.67 bits per heavy atom. The van der Waals surface area contributed by atoms with Crippen LogP contribution in [0.2, 0.25) is 0 Å². The summed E-state index contributed by atoms with van der Waals surface area (Å²) in [7, 11) is 9.55. The van der Waals surface area contributed by atoms with E-state index < -0.39 is 6.10 Å². The number of carbonyl (C=O) groups excluding carboxylic acids is 1. The van der Waals surface area contributed by atoms with Gasteiger partial charge in [0.05, 0.1) is 34.0 Å². The molecule has 0 spiro atoms. The maximum absolute atomic E-state index is 13.6. The topological polar surface area (TPSA) is 86.7 Å². The number of methoxy groups -OCH3 is 4. The first-order valence-electron chi connectivity index (χ1n) is 9.15. The average Bonchev–Trinajstić information content (AvgIpc) is 3.10. The summed E-state index contributed by atoms with van der Waals surface area (Å²) in [6.07, 6.45) is 4.18. The van der Waals surface area contributed by atoms with E-state index in [4.69, 9.17) is 23.7 Å². The molecule has 8 heteroatoms. The molecule has 1 atom stereocenters. The average molecular weight is 415 g/mol. The zero-order valence-corrected chi connectivity index (χ0v) is 17.8. The van der Waals surface area contributed by atoms with Crippen LogP contribution < -0.4 is 14.2 Å². The molecule has 1 aromatic carbocycles. The van der Waals surface area contributed by atoms with Crippen LogP contribution in [0.4, 0.5) is 0 Å². The number of hydrogen-bond donors (Lipinski definition) is 1. The minimum atomic E-state index is -0.822. The number of allylic oxidation sites excluding steroid dienone is 2. The lowest BCUT2D eigenvalue weighted by molar-refractivity contribution is 0.102. The molecule has 0 saturated heterocycles. The third-order valence-electron chi connectivity index (χ3n) is 4.73. The van der Waals surface area contributed by atoms with E-state index in [-0.39, 0.29) is 17.3 Å². The van der Waals surface area contributed by atoms with E-state index in [9.17, 15) is 9.90 Å². The highest BCUT2D eigenvalue weighted by molar-refractivity contribution is 6.13. The third kappa shape index (κ3) is 3.56. The fourth-order valence-corrected chi connectivity index (χ4v) is 3.38. The van der Waals surface area contributed by atoms with Gasteiger partial charge in [-0.25, -0.2) is 0 Å². The molecule has 160 valence electrons. The molecule has 3 rings (SSSR count). The van der Waals surface area contributed by atoms with Crippen LogP contribution in [0.25, 0.3) is 0 Å². The highest BCUT2D eigenvalue weighted by Gasteiger charge is 2.40. The highest BCUT2D eigenvalue weighted by Crippen LogP contribution is 2.42. The van der Waals surface area contributed by atoms with Crippen LogP contribution in [0.1, 0.15) is 10.4 Å². The van der Waals surface area contributed by atoms with Crippen LogP contribution in [0.15, 0.2) is 58.9 Å². The Labute approximate surface area is 175 Å². The minimum Gasteiger partial charge on any atom is -0.505 e. The van der Waals surface area contributed by atoms with E-state index in [1.54, 1.807) is 35.4 Å². The summed E-state index contributed by atoms with van der Waals surface area (Å²) in [5.74, 6) is 1.35. The molecule has 1 aliphatic heterocycles. The molecule has 0 aromatic heterocycles. The summed E-state index contributed by atoms with van der Waals surface area (Å²) < 4.78 is 27.2. The lowest BCUT2D eigenvalue weighted by atomic mass is 9.93. The molecular weight excluding hydrogens is 390 g/mol. The number of Topliss-reactive ketones (excluding diaryl/α,β-unsaturated/α-hetero) is 1. The van der Waals surface area contributed by atoms with Gasteiger partial charge >= 0.3 is 0 Å². The molecule has 0 fully saturated rings. The first-order valence-corrected chi connectivity index (χ1v) is 9.15. The smallest absolute Gasteiger partial charge is 0.203 e. The number of aliphatic hydroxyl groups excluding tert-OH is 1. The summed E-state index contributed by atoms with van der Waals surface area (Å²) in [6.45, 7) is 0. The van der Waals surface area contributed by atoms with E-state index in [2.05, 4.69) is 0 Å². The van der Waals surface area contributed by atoms with Crippen molar-refractivity contribution in [2.75, 3.05) is 42.5 Å². The summed E-state index contributed by atoms with van der Waals surface area (Å²) in [5.41, 5.74) is 1.20. The standard InChI is InChI=1S/C22H25NO7/c1-23(2)11-17-18(13-7-8-14(26-3)20(25)21(13)30-17)19(24)12-9-15(27-4)22(29-6)16(10-12)28-5/h7-11,21,25H,1-6H3. The van der Waals surface area contributed by atoms with E-state index >= 15 is 0 Å². The van der Waals surface area contributed by atoms with Gasteiger partial charge in [-0.05, 0) is 18.2 Å². The van der Waals surface area contributed by atoms with E-state index in [0.717, 1.165) is 0 Å². The predicted octanol–water partition coefficient (Wildman–Crippen LogP) is 2.98. The second kappa shape index (κ2) is 8.44. The third-order valence-corrected chi connectivity index (χ3v) is 4.73. The van der Waals surface area contributed by atoms with Crippen molar-refractivity contribution in [2.45, 2.75) is 6.10 Å². The van der Waals surface area contributed by atoms with Gasteiger partial charge < -0.3 is 33.7 Å². The van der Waals surface area contributed by atoms with Crippen LogP contribution in [-0.2, 0) is 9.47 Å². The van der Waals surface area contributed by atoms with Crippen LogP contribution in [0, 0.1) is 0 Å². The van der Waals surface area contributed by atoms with Gasteiger partial charge in [0.2, 0.25) is 5.75 Å². The fraction of sp³-hybridized carbons (Fsp3) is 0.318. The van der Waals surface area contributed by atoms with E-state index in [1.165, 1.54) is 28.4 Å². The maximum Gasteiger partial charge on any atom is 0.203 e. The van der Waals surface area contributed by atoms with Crippen LogP contribution in [0.5, 0.6) is 17.2 Å². The van der Waals surface area contributed by atoms with Gasteiger partial charge in [-0.2, -0.15) is 0 Å². The SMILES string of the molecule is COC1=C(O)C2OC(=CN(C)C)C(C(=O)c3cc(OC)c(OC)c(OC)c3)=C2C=C1. The molecular formula is C22H25NO7. The molecule has 0 bridgehead atoms. The monoisotopic (exact) mass is 415 g/mol. The van der Waals surface area contributed by atoms with Gasteiger partial charge in [0.25, 0.3) is 0 Å². The number of benzene rings is 1. The largest absolute Gasteiger partial charge is 0.505 e. The Balaban J connectivity index is 2.17. The number of fused-ring (bicyclic) bond motifs is 1. The maximum atomic E-state index is 13.6. The quantitative estimate of drug-likeness (QED) is 0.681. The highest BCUT2D eigenvalue weighted by atomic mass is 16.5.